The number of pyridine rings is 1. The van der Waals surface area contributed by atoms with E-state index in [1.165, 1.54) is 0 Å². The minimum Gasteiger partial charge on any atom is -0.398 e. The summed E-state index contributed by atoms with van der Waals surface area (Å²) in [5, 5.41) is -0.120. The average molecular weight is 243 g/mol. The Kier molecular flexibility index (Phi) is 1.98. The van der Waals surface area contributed by atoms with Gasteiger partial charge >= 0.3 is 7.12 Å². The van der Waals surface area contributed by atoms with Gasteiger partial charge in [0.15, 0.2) is 0 Å². The molecule has 1 aliphatic heterocycles. The van der Waals surface area contributed by atoms with Crippen LogP contribution < -0.4 is 5.59 Å². The van der Waals surface area contributed by atoms with E-state index in [0.29, 0.717) is 0 Å². The molecule has 1 fully saturated rings. The molecule has 0 radical (unpaired) electrons. The maximum Gasteiger partial charge on any atom is 0.514 e. The maximum absolute atomic E-state index is 7.87. The van der Waals surface area contributed by atoms with E-state index in [-0.39, 0.29) is 28.9 Å². The van der Waals surface area contributed by atoms with E-state index in [1.54, 1.807) is 0 Å². The molecule has 0 atom stereocenters. The van der Waals surface area contributed by atoms with E-state index in [2.05, 4.69) is 4.98 Å². The average Bonchev–Trinajstić information content (AvgIpc) is 2.50. The normalized spacial score (nSPS) is 25.1. The first-order valence-corrected chi connectivity index (χ1v) is 5.43. The van der Waals surface area contributed by atoms with Crippen LogP contribution in [0, 0.1) is 0 Å². The Morgan fingerprint density at radius 3 is 2.38 bits per heavy atom. The minimum absolute atomic E-state index is 0.120. The number of hydrogen-bond acceptors (Lipinski definition) is 3. The summed E-state index contributed by atoms with van der Waals surface area (Å²) < 4.78 is 34.6. The Labute approximate surface area is 105 Å². The summed E-state index contributed by atoms with van der Waals surface area (Å²) in [7, 11) is -0.848. The molecule has 0 aliphatic carbocycles. The zero-order valence-corrected chi connectivity index (χ0v) is 10.5. The predicted octanol–water partition coefficient (Wildman–Crippen LogP) is 2.03. The lowest BCUT2D eigenvalue weighted by Crippen LogP contribution is -2.41. The van der Waals surface area contributed by atoms with E-state index in [9.17, 15) is 0 Å². The van der Waals surface area contributed by atoms with Crippen molar-refractivity contribution >= 4 is 24.3 Å². The lowest BCUT2D eigenvalue weighted by Gasteiger charge is -2.32. The second-order valence-corrected chi connectivity index (χ2v) is 5.11. The summed E-state index contributed by atoms with van der Waals surface area (Å²) in [5.41, 5.74) is -0.968. The molecule has 3 nitrogen and oxygen atoms in total. The molecule has 2 heterocycles. The van der Waals surface area contributed by atoms with Crippen LogP contribution >= 0.6 is 11.6 Å². The van der Waals surface area contributed by atoms with E-state index in [1.807, 2.05) is 27.7 Å². The van der Waals surface area contributed by atoms with E-state index >= 15 is 0 Å². The van der Waals surface area contributed by atoms with Crippen molar-refractivity contribution in [3.8, 4) is 0 Å². The van der Waals surface area contributed by atoms with Gasteiger partial charge in [0.2, 0.25) is 0 Å². The van der Waals surface area contributed by atoms with Gasteiger partial charge in [-0.1, -0.05) is 17.6 Å². The van der Waals surface area contributed by atoms with Crippen LogP contribution in [-0.2, 0) is 9.31 Å². The zero-order chi connectivity index (χ0) is 14.6. The smallest absolute Gasteiger partial charge is 0.398 e. The Bertz CT molecular complexity index is 523. The van der Waals surface area contributed by atoms with Gasteiger partial charge < -0.3 is 9.31 Å². The van der Waals surface area contributed by atoms with Gasteiger partial charge in [0.05, 0.1) is 20.9 Å². The highest BCUT2D eigenvalue weighted by Crippen LogP contribution is 2.36. The van der Waals surface area contributed by atoms with E-state index < -0.39 is 18.3 Å². The summed E-state index contributed by atoms with van der Waals surface area (Å²) in [4.78, 5) is 3.97. The van der Waals surface area contributed by atoms with Crippen LogP contribution in [0.5, 0.6) is 0 Å². The molecule has 0 aromatic carbocycles. The van der Waals surface area contributed by atoms with Crippen molar-refractivity contribution in [2.45, 2.75) is 38.9 Å². The van der Waals surface area contributed by atoms with Gasteiger partial charge in [0, 0.05) is 0 Å². The largest absolute Gasteiger partial charge is 0.514 e. The molecule has 2 rings (SSSR count). The van der Waals surface area contributed by atoms with E-state index in [4.69, 9.17) is 25.0 Å². The van der Waals surface area contributed by atoms with Crippen LogP contribution in [0.15, 0.2) is 18.1 Å². The van der Waals surface area contributed by atoms with Gasteiger partial charge in [-0.25, -0.2) is 4.98 Å². The molecule has 0 spiro atoms. The van der Waals surface area contributed by atoms with Gasteiger partial charge in [-0.05, 0) is 39.8 Å². The highest BCUT2D eigenvalue weighted by molar-refractivity contribution is 6.61. The molecule has 0 saturated carbocycles. The molecule has 1 aliphatic rings. The van der Waals surface area contributed by atoms with Crippen LogP contribution in [-0.4, -0.2) is 23.3 Å². The van der Waals surface area contributed by atoms with Crippen molar-refractivity contribution < 1.29 is 13.4 Å². The third-order valence-electron chi connectivity index (χ3n) is 3.05. The van der Waals surface area contributed by atoms with Gasteiger partial charge in [-0.3, -0.25) is 0 Å². The summed E-state index contributed by atoms with van der Waals surface area (Å²) in [6.07, 6.45) is 0. The van der Waals surface area contributed by atoms with Gasteiger partial charge in [-0.2, -0.15) is 0 Å². The molecule has 5 heteroatoms. The SMILES string of the molecule is [2H]c1c(Cl)nc(B2OC(C)(C)C(C)(C)O2)c([2H])c1[2H]. The topological polar surface area (TPSA) is 31.4 Å². The molecule has 1 saturated heterocycles. The number of hydrogen-bond donors (Lipinski definition) is 0. The van der Waals surface area contributed by atoms with Crippen molar-refractivity contribution in [3.63, 3.8) is 0 Å². The zero-order valence-electron chi connectivity index (χ0n) is 12.7. The second-order valence-electron chi connectivity index (χ2n) is 4.75. The monoisotopic (exact) mass is 242 g/mol. The summed E-state index contributed by atoms with van der Waals surface area (Å²) in [6.45, 7) is 7.55. The second kappa shape index (κ2) is 3.72. The lowest BCUT2D eigenvalue weighted by molar-refractivity contribution is 0.00578. The van der Waals surface area contributed by atoms with Gasteiger partial charge in [0.1, 0.15) is 5.15 Å². The van der Waals surface area contributed by atoms with Crippen molar-refractivity contribution in [3.05, 3.63) is 23.3 Å². The number of aromatic nitrogens is 1. The fourth-order valence-corrected chi connectivity index (χ4v) is 1.51. The number of rotatable bonds is 1. The van der Waals surface area contributed by atoms with Crippen molar-refractivity contribution in [1.82, 2.24) is 4.98 Å². The van der Waals surface area contributed by atoms with Crippen LogP contribution in [0.2, 0.25) is 5.15 Å². The maximum atomic E-state index is 7.87. The number of halogens is 1. The molecule has 1 aromatic rings. The van der Waals surface area contributed by atoms with Gasteiger partial charge in [-0.15, -0.1) is 0 Å². The molecule has 86 valence electrons. The first kappa shape index (κ1) is 8.51. The van der Waals surface area contributed by atoms with Gasteiger partial charge in [0.25, 0.3) is 0 Å². The van der Waals surface area contributed by atoms with E-state index in [0.717, 1.165) is 0 Å². The lowest BCUT2D eigenvalue weighted by atomic mass is 9.84. The molecular weight excluding hydrogens is 224 g/mol. The molecule has 0 unspecified atom stereocenters. The molecule has 1 aromatic heterocycles. The summed E-state index contributed by atoms with van der Waals surface area (Å²) in [6, 6.07) is -0.718. The third kappa shape index (κ3) is 1.97. The van der Waals surface area contributed by atoms with Crippen LogP contribution in [0.3, 0.4) is 0 Å². The Morgan fingerprint density at radius 2 is 1.81 bits per heavy atom. The fraction of sp³-hybridized carbons (Fsp3) is 0.545. The molecule has 0 amide bonds. The predicted molar refractivity (Wildman–Crippen MR) is 65.0 cm³/mol. The van der Waals surface area contributed by atoms with Crippen molar-refractivity contribution in [2.24, 2.45) is 0 Å². The Hall–Kier alpha value is -0.575. The third-order valence-corrected chi connectivity index (χ3v) is 3.23. The standard InChI is InChI=1S/C11H15BClNO2/c1-10(2)11(3,4)16-12(15-10)8-6-5-7-9(13)14-8/h5-7H,1-4H3/i5D,6D,7D. The minimum atomic E-state index is -0.848. The van der Waals surface area contributed by atoms with Crippen molar-refractivity contribution in [1.29, 1.82) is 0 Å². The Balaban J connectivity index is 2.46. The molecule has 0 N–H and O–H groups in total. The van der Waals surface area contributed by atoms with Crippen LogP contribution in [0.4, 0.5) is 0 Å². The molecule has 16 heavy (non-hydrogen) atoms. The highest BCUT2D eigenvalue weighted by Gasteiger charge is 2.52. The first-order chi connectivity index (χ1) is 8.57. The summed E-state index contributed by atoms with van der Waals surface area (Å²) in [5.74, 6) is 0. The van der Waals surface area contributed by atoms with Crippen LogP contribution in [0.25, 0.3) is 0 Å². The van der Waals surface area contributed by atoms with Crippen LogP contribution in [0.1, 0.15) is 31.8 Å². The quantitative estimate of drug-likeness (QED) is 0.558. The molecule has 0 bridgehead atoms. The molecular formula is C11H15BClNO2. The fourth-order valence-electron chi connectivity index (χ4n) is 1.37. The Morgan fingerprint density at radius 1 is 1.25 bits per heavy atom. The first-order valence-electron chi connectivity index (χ1n) is 6.55. The number of nitrogens with zero attached hydrogens (tertiary/aromatic N) is 1. The van der Waals surface area contributed by atoms with Crippen molar-refractivity contribution in [2.75, 3.05) is 0 Å². The highest BCUT2D eigenvalue weighted by atomic mass is 35.5. The summed E-state index contributed by atoms with van der Waals surface area (Å²) >= 11 is 5.80.